The molecule has 2 fully saturated rings. The van der Waals surface area contributed by atoms with Gasteiger partial charge in [0.05, 0.1) is 89.3 Å². The molecule has 35 nitrogen and oxygen atoms in total. The molecule has 0 aliphatic carbocycles. The van der Waals surface area contributed by atoms with Crippen LogP contribution in [0.4, 0.5) is 45.3 Å². The number of nitrogen functional groups attached to an aromatic ring is 1. The number of aromatic amines is 1. The Hall–Kier alpha value is -12.1. The van der Waals surface area contributed by atoms with E-state index in [2.05, 4.69) is 82.3 Å². The van der Waals surface area contributed by atoms with E-state index in [9.17, 15) is 61.5 Å². The van der Waals surface area contributed by atoms with Crippen LogP contribution in [0.3, 0.4) is 0 Å². The van der Waals surface area contributed by atoms with Gasteiger partial charge in [0.1, 0.15) is 28.5 Å². The number of carboxylic acids is 1. The summed E-state index contributed by atoms with van der Waals surface area (Å²) in [5.74, 6) is -5.07. The highest BCUT2D eigenvalue weighted by Crippen LogP contribution is 2.40. The number of nitrogens with two attached hydrogens (primary N) is 1. The Morgan fingerprint density at radius 1 is 0.784 bits per heavy atom. The third-order valence-electron chi connectivity index (χ3n) is 18.7. The minimum Gasteiger partial charge on any atom is -0.489 e. The maximum atomic E-state index is 14.1. The van der Waals surface area contributed by atoms with Crippen LogP contribution >= 0.6 is 11.6 Å². The third-order valence-corrected chi connectivity index (χ3v) is 21.2. The number of aromatic nitrogens is 9. The summed E-state index contributed by atoms with van der Waals surface area (Å²) in [5.41, 5.74) is 10.2. The maximum absolute atomic E-state index is 14.1. The number of nitrogens with one attached hydrogen (secondary N) is 8. The van der Waals surface area contributed by atoms with Crippen molar-refractivity contribution in [2.75, 3.05) is 66.3 Å². The first-order valence-corrected chi connectivity index (χ1v) is 38.1. The minimum absolute atomic E-state index is 0.00368. The summed E-state index contributed by atoms with van der Waals surface area (Å²) in [6, 6.07) is 18.5. The lowest BCUT2D eigenvalue weighted by Gasteiger charge is -2.33. The smallest absolute Gasteiger partial charge is 0.423 e. The largest absolute Gasteiger partial charge is 0.489 e. The van der Waals surface area contributed by atoms with Crippen molar-refractivity contribution in [3.05, 3.63) is 152 Å². The second-order valence-corrected chi connectivity index (χ2v) is 30.2. The number of sulfone groups is 1. The number of hydrogen-bond donors (Lipinski definition) is 10. The lowest BCUT2D eigenvalue weighted by molar-refractivity contribution is -0.149. The molecule has 8 aromatic rings. The molecule has 0 spiro atoms. The van der Waals surface area contributed by atoms with Crippen LogP contribution in [0.2, 0.25) is 5.02 Å². The van der Waals surface area contributed by atoms with Crippen molar-refractivity contribution >= 4 is 126 Å². The number of hydrogen-bond acceptors (Lipinski definition) is 27. The van der Waals surface area contributed by atoms with Crippen molar-refractivity contribution in [2.24, 2.45) is 0 Å². The number of imide groups is 4. The number of piperidine rings is 2. The van der Waals surface area contributed by atoms with Gasteiger partial charge >= 0.3 is 12.1 Å². The van der Waals surface area contributed by atoms with Crippen molar-refractivity contribution < 1.29 is 66.1 Å². The first-order chi connectivity index (χ1) is 53.2. The van der Waals surface area contributed by atoms with Crippen LogP contribution in [-0.4, -0.2) is 189 Å². The summed E-state index contributed by atoms with van der Waals surface area (Å²) >= 11 is 6.54. The highest BCUT2D eigenvalue weighted by molar-refractivity contribution is 7.92. The van der Waals surface area contributed by atoms with E-state index in [1.54, 1.807) is 67.2 Å². The molecule has 2 atom stereocenters. The zero-order chi connectivity index (χ0) is 79.2. The number of halogens is 1. The lowest BCUT2D eigenvalue weighted by atomic mass is 9.86. The number of fused-ring (bicyclic) bond motifs is 2. The molecule has 8 amide bonds. The Labute approximate surface area is 641 Å². The number of anilines is 7. The molecule has 4 aromatic carbocycles. The van der Waals surface area contributed by atoms with Gasteiger partial charge in [-0.05, 0) is 170 Å². The van der Waals surface area contributed by atoms with E-state index < -0.39 is 80.2 Å². The number of H-pyrrole nitrogens is 1. The molecule has 11 rings (SSSR count). The van der Waals surface area contributed by atoms with Gasteiger partial charge in [0.25, 0.3) is 29.2 Å². The van der Waals surface area contributed by atoms with Crippen molar-refractivity contribution in [2.45, 2.75) is 153 Å². The summed E-state index contributed by atoms with van der Waals surface area (Å²) in [7, 11) is -3.64. The van der Waals surface area contributed by atoms with Gasteiger partial charge in [-0.3, -0.25) is 57.8 Å². The van der Waals surface area contributed by atoms with Crippen LogP contribution in [0, 0.1) is 6.92 Å². The molecule has 3 aliphatic heterocycles. The highest BCUT2D eigenvalue weighted by Gasteiger charge is 2.50. The molecule has 584 valence electrons. The number of benzene rings is 4. The molecule has 7 heterocycles. The Kier molecular flexibility index (Phi) is 25.9. The third kappa shape index (κ3) is 19.9. The summed E-state index contributed by atoms with van der Waals surface area (Å²) in [6.45, 7) is 11.4. The van der Waals surface area contributed by atoms with E-state index in [1.807, 2.05) is 32.9 Å². The molecule has 0 radical (unpaired) electrons. The fourth-order valence-corrected chi connectivity index (χ4v) is 14.3. The van der Waals surface area contributed by atoms with Crippen molar-refractivity contribution in [3.63, 3.8) is 0 Å². The van der Waals surface area contributed by atoms with E-state index in [0.29, 0.717) is 90.1 Å². The molecule has 0 saturated carbocycles. The average Bonchev–Trinajstić information content (AvgIpc) is 1.61. The number of likely N-dealkylation sites (tertiary alicyclic amines) is 2. The fourth-order valence-electron chi connectivity index (χ4n) is 12.9. The van der Waals surface area contributed by atoms with Gasteiger partial charge < -0.3 is 57.5 Å². The van der Waals surface area contributed by atoms with Crippen LogP contribution in [0.15, 0.2) is 107 Å². The Balaban J connectivity index is 0.563. The van der Waals surface area contributed by atoms with Crippen LogP contribution in [-0.2, 0) is 58.2 Å². The van der Waals surface area contributed by atoms with Crippen molar-refractivity contribution in [3.8, 4) is 5.75 Å². The number of aliphatic carboxylic acids is 1. The SMILES string of the molecule is Cc1cc(Nc2ncc(Cl)c(Nc3ccccc3S(=O)(=O)C(C)C)n2)c(OC(C)C)cc1C1CCN(CC(=O)NCCNc2cccc3c2C(=O)N(C2CCC(=O)N(C(=O)OCCCCCCn4cc(CNC(=O)CC[C@H](NC(=O)c5ccc(NCc6cnc7nc(N)[nH]c(=O)c7n6)cc5)C(=O)O)nn4)C2=O)C3=O)CC1. The highest BCUT2D eigenvalue weighted by atomic mass is 35.5. The molecule has 111 heavy (non-hydrogen) atoms. The van der Waals surface area contributed by atoms with Gasteiger partial charge in [-0.2, -0.15) is 14.9 Å². The molecule has 2 saturated heterocycles. The van der Waals surface area contributed by atoms with Crippen LogP contribution in [0.5, 0.6) is 5.75 Å². The minimum atomic E-state index is -3.64. The summed E-state index contributed by atoms with van der Waals surface area (Å²) < 4.78 is 39.6. The maximum Gasteiger partial charge on any atom is 0.423 e. The molecule has 0 bridgehead atoms. The Morgan fingerprint density at radius 3 is 2.30 bits per heavy atom. The van der Waals surface area contributed by atoms with Gasteiger partial charge in [-0.15, -0.1) is 5.10 Å². The molecule has 1 unspecified atom stereocenters. The molecular formula is C74H85ClN20O15S. The van der Waals surface area contributed by atoms with Crippen LogP contribution in [0.25, 0.3) is 11.2 Å². The van der Waals surface area contributed by atoms with Gasteiger partial charge in [0.2, 0.25) is 29.6 Å². The fraction of sp³-hybridized carbons (Fsp3) is 0.392. The molecular weight excluding hydrogens is 1480 g/mol. The monoisotopic (exact) mass is 1560 g/mol. The molecule has 11 N–H and O–H groups in total. The number of carbonyl (C=O) groups excluding carboxylic acids is 8. The number of aryl methyl sites for hydroxylation is 2. The first kappa shape index (κ1) is 80.0. The zero-order valence-corrected chi connectivity index (χ0v) is 63.1. The number of carboxylic acid groups (broad SMARTS) is 1. The average molecular weight is 1560 g/mol. The number of ether oxygens (including phenoxy) is 2. The van der Waals surface area contributed by atoms with Gasteiger partial charge in [0.15, 0.2) is 26.8 Å². The Morgan fingerprint density at radius 2 is 1.54 bits per heavy atom. The van der Waals surface area contributed by atoms with E-state index in [0.717, 1.165) is 28.9 Å². The predicted molar refractivity (Wildman–Crippen MR) is 407 cm³/mol. The van der Waals surface area contributed by atoms with Gasteiger partial charge in [-0.25, -0.2) is 33.0 Å². The standard InChI is InChI=1S/C74H85ClN20O15S/c1-41(2)110-57-34-50(43(5)33-55(57)86-73-82-38-51(75)64(88-73)84-52-14-8-9-16-58(52)111(107,108)42(3)4)44-25-30-92(31-26-44)40-60(97)78-28-27-77-53-15-12-13-49-62(53)70(103)94(68(49)101)56-22-24-61(98)95(69(56)102)74(106)109-32-11-7-6-10-29-93-39-48(90-91-93)37-80-59(96)23-21-54(71(104)105)85-66(99)45-17-19-46(20-18-45)79-35-47-36-81-65-63(83-47)67(100)89-72(76)87-65/h8-9,12-20,33-34,36,38-39,41-42,44,54,56,77,79H,6-7,10-11,21-32,35,37,40H2,1-5H3,(H,78,97)(H,80,96)(H,85,99)(H,104,105)(H2,82,84,86,88)(H3,76,81,87,89,100)/t54-,56?/m0/s1. The van der Waals surface area contributed by atoms with E-state index >= 15 is 0 Å². The second kappa shape index (κ2) is 36.0. The number of rotatable bonds is 34. The van der Waals surface area contributed by atoms with E-state index in [4.69, 9.17) is 26.8 Å². The van der Waals surface area contributed by atoms with Crippen LogP contribution < -0.4 is 53.2 Å². The number of unbranched alkanes of at least 4 members (excludes halogenated alkanes) is 3. The zero-order valence-electron chi connectivity index (χ0n) is 61.5. The second-order valence-electron chi connectivity index (χ2n) is 27.4. The van der Waals surface area contributed by atoms with E-state index in [-0.39, 0.29) is 138 Å². The Bertz CT molecular complexity index is 5030. The number of nitrogens with zero attached hydrogens (tertiary/aromatic N) is 11. The summed E-state index contributed by atoms with van der Waals surface area (Å²) in [5, 5.41) is 38.2. The van der Waals surface area contributed by atoms with Gasteiger partial charge in [0, 0.05) is 49.4 Å². The van der Waals surface area contributed by atoms with Crippen molar-refractivity contribution in [1.29, 1.82) is 0 Å². The lowest BCUT2D eigenvalue weighted by Crippen LogP contribution is -2.57. The number of amides is 8. The molecule has 4 aromatic heterocycles. The number of carbonyl (C=O) groups is 9. The van der Waals surface area contributed by atoms with Crippen molar-refractivity contribution in [1.82, 2.24) is 75.5 Å². The van der Waals surface area contributed by atoms with E-state index in [1.165, 1.54) is 36.7 Å². The summed E-state index contributed by atoms with van der Waals surface area (Å²) in [4.78, 5) is 159. The normalized spacial score (nSPS) is 15.0. The predicted octanol–water partition coefficient (Wildman–Crippen LogP) is 6.91. The van der Waals surface area contributed by atoms with Crippen LogP contribution in [0.1, 0.15) is 151 Å². The molecule has 37 heteroatoms. The quantitative estimate of drug-likeness (QED) is 0.0145. The number of para-hydroxylation sites is 1. The summed E-state index contributed by atoms with van der Waals surface area (Å²) in [6.07, 6.45) is 5.95. The first-order valence-electron chi connectivity index (χ1n) is 36.2. The topological polar surface area (TPSA) is 474 Å². The molecule has 3 aliphatic rings. The van der Waals surface area contributed by atoms with Gasteiger partial charge in [-0.1, -0.05) is 41.4 Å².